The number of benzene rings is 1. The molecule has 2 rings (SSSR count). The molecule has 0 radical (unpaired) electrons. The summed E-state index contributed by atoms with van der Waals surface area (Å²) in [6.45, 7) is 8.99. The summed E-state index contributed by atoms with van der Waals surface area (Å²) >= 11 is 3.54. The van der Waals surface area contributed by atoms with Gasteiger partial charge in [0.2, 0.25) is 0 Å². The van der Waals surface area contributed by atoms with Crippen molar-refractivity contribution < 1.29 is 5.11 Å². The van der Waals surface area contributed by atoms with Gasteiger partial charge in [-0.25, -0.2) is 0 Å². The number of nitrogens with zero attached hydrogens (tertiary/aromatic N) is 1. The van der Waals surface area contributed by atoms with Crippen LogP contribution in [0, 0.1) is 18.3 Å². The summed E-state index contributed by atoms with van der Waals surface area (Å²) in [6.07, 6.45) is 1.07. The molecule has 0 aliphatic carbocycles. The van der Waals surface area contributed by atoms with E-state index in [-0.39, 0.29) is 5.41 Å². The molecule has 100 valence electrons. The third-order valence-electron chi connectivity index (χ3n) is 4.18. The van der Waals surface area contributed by atoms with Crippen molar-refractivity contribution in [3.05, 3.63) is 28.2 Å². The molecule has 1 atom stereocenters. The first kappa shape index (κ1) is 13.9. The third-order valence-corrected chi connectivity index (χ3v) is 5.07. The van der Waals surface area contributed by atoms with Crippen molar-refractivity contribution in [1.82, 2.24) is 0 Å². The molecule has 0 spiro atoms. The minimum atomic E-state index is 0.175. The number of piperidine rings is 1. The summed E-state index contributed by atoms with van der Waals surface area (Å²) in [7, 11) is 0. The fraction of sp³-hybridized carbons (Fsp3) is 0.600. The molecule has 1 aliphatic rings. The van der Waals surface area contributed by atoms with Crippen LogP contribution in [0.15, 0.2) is 22.7 Å². The van der Waals surface area contributed by atoms with Crippen molar-refractivity contribution in [2.24, 2.45) is 11.3 Å². The van der Waals surface area contributed by atoms with Crippen LogP contribution >= 0.6 is 15.9 Å². The predicted molar refractivity (Wildman–Crippen MR) is 80.1 cm³/mol. The molecular weight excluding hydrogens is 290 g/mol. The molecule has 1 aliphatic heterocycles. The Kier molecular flexibility index (Phi) is 4.02. The highest BCUT2D eigenvalue weighted by Crippen LogP contribution is 2.37. The second-order valence-electron chi connectivity index (χ2n) is 6.01. The molecule has 1 aromatic rings. The van der Waals surface area contributed by atoms with E-state index in [1.807, 2.05) is 0 Å². The molecule has 0 aromatic heterocycles. The highest BCUT2D eigenvalue weighted by Gasteiger charge is 2.35. The number of hydrogen-bond acceptors (Lipinski definition) is 2. The number of hydrogen-bond donors (Lipinski definition) is 1. The Morgan fingerprint density at radius 2 is 2.17 bits per heavy atom. The van der Waals surface area contributed by atoms with Crippen molar-refractivity contribution >= 4 is 21.6 Å². The summed E-state index contributed by atoms with van der Waals surface area (Å²) in [5, 5.41) is 9.44. The van der Waals surface area contributed by atoms with E-state index in [9.17, 15) is 5.11 Å². The number of anilines is 1. The maximum absolute atomic E-state index is 9.44. The van der Waals surface area contributed by atoms with E-state index in [0.29, 0.717) is 12.5 Å². The second kappa shape index (κ2) is 5.22. The summed E-state index contributed by atoms with van der Waals surface area (Å²) in [6, 6.07) is 6.53. The van der Waals surface area contributed by atoms with Gasteiger partial charge in [-0.15, -0.1) is 0 Å². The smallest absolute Gasteiger partial charge is 0.0465 e. The Hall–Kier alpha value is -0.540. The van der Waals surface area contributed by atoms with Crippen LogP contribution in [0.3, 0.4) is 0 Å². The van der Waals surface area contributed by atoms with Crippen LogP contribution < -0.4 is 4.90 Å². The lowest BCUT2D eigenvalue weighted by atomic mass is 9.74. The number of aliphatic hydroxyl groups is 1. The quantitative estimate of drug-likeness (QED) is 0.902. The molecular formula is C15H22BrNO. The number of aliphatic hydroxyl groups excluding tert-OH is 1. The van der Waals surface area contributed by atoms with E-state index in [0.717, 1.165) is 24.0 Å². The van der Waals surface area contributed by atoms with Crippen LogP contribution in [0.2, 0.25) is 0 Å². The lowest BCUT2D eigenvalue weighted by Gasteiger charge is -2.44. The summed E-state index contributed by atoms with van der Waals surface area (Å²) < 4.78 is 1.16. The van der Waals surface area contributed by atoms with E-state index < -0.39 is 0 Å². The number of rotatable bonds is 2. The van der Waals surface area contributed by atoms with E-state index in [1.54, 1.807) is 0 Å². The first-order valence-electron chi connectivity index (χ1n) is 6.56. The van der Waals surface area contributed by atoms with Crippen LogP contribution in [-0.4, -0.2) is 24.8 Å². The van der Waals surface area contributed by atoms with E-state index in [2.05, 4.69) is 59.8 Å². The fourth-order valence-electron chi connectivity index (χ4n) is 2.79. The summed E-state index contributed by atoms with van der Waals surface area (Å²) in [5.41, 5.74) is 2.74. The van der Waals surface area contributed by atoms with Gasteiger partial charge in [0.25, 0.3) is 0 Å². The molecule has 1 saturated heterocycles. The molecule has 1 aromatic carbocycles. The summed E-state index contributed by atoms with van der Waals surface area (Å²) in [4.78, 5) is 2.44. The van der Waals surface area contributed by atoms with Gasteiger partial charge in [-0.05, 0) is 48.4 Å². The first-order valence-corrected chi connectivity index (χ1v) is 7.35. The van der Waals surface area contributed by atoms with Crippen LogP contribution in [-0.2, 0) is 0 Å². The maximum Gasteiger partial charge on any atom is 0.0465 e. The monoisotopic (exact) mass is 311 g/mol. The molecule has 2 nitrogen and oxygen atoms in total. The van der Waals surface area contributed by atoms with Crippen LogP contribution in [0.25, 0.3) is 0 Å². The molecule has 1 heterocycles. The number of aryl methyl sites for hydroxylation is 1. The molecule has 0 bridgehead atoms. The van der Waals surface area contributed by atoms with Crippen molar-refractivity contribution in [2.45, 2.75) is 27.2 Å². The SMILES string of the molecule is Cc1cc(N2CCC(CO)C(C)(C)C2)ccc1Br. The predicted octanol–water partition coefficient (Wildman–Crippen LogP) is 3.60. The van der Waals surface area contributed by atoms with E-state index in [4.69, 9.17) is 0 Å². The van der Waals surface area contributed by atoms with E-state index in [1.165, 1.54) is 11.3 Å². The van der Waals surface area contributed by atoms with E-state index >= 15 is 0 Å². The molecule has 1 N–H and O–H groups in total. The van der Waals surface area contributed by atoms with Crippen LogP contribution in [0.1, 0.15) is 25.8 Å². The molecule has 1 unspecified atom stereocenters. The Morgan fingerprint density at radius 3 is 2.72 bits per heavy atom. The zero-order valence-corrected chi connectivity index (χ0v) is 13.0. The zero-order chi connectivity index (χ0) is 13.3. The topological polar surface area (TPSA) is 23.5 Å². The molecule has 3 heteroatoms. The standard InChI is InChI=1S/C15H22BrNO/c1-11-8-13(4-5-14(11)16)17-7-6-12(9-18)15(2,3)10-17/h4-5,8,12,18H,6-7,9-10H2,1-3H3. The van der Waals surface area contributed by atoms with Gasteiger partial charge in [-0.2, -0.15) is 0 Å². The number of halogens is 1. The Labute approximate surface area is 118 Å². The zero-order valence-electron chi connectivity index (χ0n) is 11.4. The third kappa shape index (κ3) is 2.72. The lowest BCUT2D eigenvalue weighted by Crippen LogP contribution is -2.47. The second-order valence-corrected chi connectivity index (χ2v) is 6.87. The molecule has 0 saturated carbocycles. The fourth-order valence-corrected chi connectivity index (χ4v) is 3.03. The average Bonchev–Trinajstić information content (AvgIpc) is 2.31. The Morgan fingerprint density at radius 1 is 1.44 bits per heavy atom. The largest absolute Gasteiger partial charge is 0.396 e. The van der Waals surface area contributed by atoms with Crippen molar-refractivity contribution in [3.8, 4) is 0 Å². The highest BCUT2D eigenvalue weighted by atomic mass is 79.9. The Balaban J connectivity index is 2.18. The normalized spacial score (nSPS) is 23.2. The van der Waals surface area contributed by atoms with Gasteiger partial charge in [0.05, 0.1) is 0 Å². The van der Waals surface area contributed by atoms with Gasteiger partial charge in [0, 0.05) is 29.9 Å². The van der Waals surface area contributed by atoms with Crippen LogP contribution in [0.4, 0.5) is 5.69 Å². The summed E-state index contributed by atoms with van der Waals surface area (Å²) in [5.74, 6) is 0.422. The van der Waals surface area contributed by atoms with Crippen molar-refractivity contribution in [2.75, 3.05) is 24.6 Å². The molecule has 18 heavy (non-hydrogen) atoms. The minimum Gasteiger partial charge on any atom is -0.396 e. The van der Waals surface area contributed by atoms with Gasteiger partial charge in [-0.1, -0.05) is 29.8 Å². The lowest BCUT2D eigenvalue weighted by molar-refractivity contribution is 0.0972. The van der Waals surface area contributed by atoms with Gasteiger partial charge >= 0.3 is 0 Å². The Bertz CT molecular complexity index is 431. The maximum atomic E-state index is 9.44. The minimum absolute atomic E-state index is 0.175. The highest BCUT2D eigenvalue weighted by molar-refractivity contribution is 9.10. The van der Waals surface area contributed by atoms with Crippen molar-refractivity contribution in [3.63, 3.8) is 0 Å². The van der Waals surface area contributed by atoms with Crippen molar-refractivity contribution in [1.29, 1.82) is 0 Å². The molecule has 1 fully saturated rings. The van der Waals surface area contributed by atoms with Gasteiger partial charge < -0.3 is 10.0 Å². The average molecular weight is 312 g/mol. The molecule has 0 amide bonds. The van der Waals surface area contributed by atoms with Gasteiger partial charge in [0.1, 0.15) is 0 Å². The van der Waals surface area contributed by atoms with Gasteiger partial charge in [0.15, 0.2) is 0 Å². The first-order chi connectivity index (χ1) is 8.44. The van der Waals surface area contributed by atoms with Gasteiger partial charge in [-0.3, -0.25) is 0 Å². The van der Waals surface area contributed by atoms with Crippen LogP contribution in [0.5, 0.6) is 0 Å².